The van der Waals surface area contributed by atoms with Crippen LogP contribution in [0.25, 0.3) is 0 Å². The number of benzene rings is 1. The lowest BCUT2D eigenvalue weighted by Crippen LogP contribution is -2.40. The Hall–Kier alpha value is -1.98. The predicted octanol–water partition coefficient (Wildman–Crippen LogP) is 2.84. The maximum atomic E-state index is 12.7. The Morgan fingerprint density at radius 3 is 2.61 bits per heavy atom. The van der Waals surface area contributed by atoms with Gasteiger partial charge in [-0.3, -0.25) is 9.59 Å². The molecule has 3 rings (SSSR count). The minimum Gasteiger partial charge on any atom is -0.349 e. The third-order valence-electron chi connectivity index (χ3n) is 4.44. The number of nitrogens with one attached hydrogen (secondary N) is 1. The Morgan fingerprint density at radius 1 is 1.13 bits per heavy atom. The molecular weight excluding hydrogens is 308 g/mol. The van der Waals surface area contributed by atoms with Crippen LogP contribution in [0.2, 0.25) is 0 Å². The van der Waals surface area contributed by atoms with Crippen LogP contribution in [0.1, 0.15) is 44.9 Å². The molecule has 0 radical (unpaired) electrons. The Balaban J connectivity index is 1.82. The molecule has 1 aromatic heterocycles. The van der Waals surface area contributed by atoms with Gasteiger partial charge in [-0.25, -0.2) is 0 Å². The fraction of sp³-hybridized carbons (Fsp3) is 0.333. The van der Waals surface area contributed by atoms with Crippen LogP contribution < -0.4 is 11.1 Å². The summed E-state index contributed by atoms with van der Waals surface area (Å²) in [4.78, 5) is 25.9. The van der Waals surface area contributed by atoms with Crippen LogP contribution >= 0.6 is 11.3 Å². The van der Waals surface area contributed by atoms with Gasteiger partial charge in [0.25, 0.3) is 5.91 Å². The van der Waals surface area contributed by atoms with E-state index in [1.807, 2.05) is 11.4 Å². The molecule has 1 aliphatic rings. The monoisotopic (exact) mass is 328 g/mol. The van der Waals surface area contributed by atoms with E-state index in [1.54, 1.807) is 30.3 Å². The second kappa shape index (κ2) is 7.06. The molecule has 2 unspecified atom stereocenters. The van der Waals surface area contributed by atoms with Crippen molar-refractivity contribution in [3.8, 4) is 0 Å². The van der Waals surface area contributed by atoms with Crippen molar-refractivity contribution < 1.29 is 9.59 Å². The summed E-state index contributed by atoms with van der Waals surface area (Å²) in [5.74, 6) is 0.0440. The molecule has 120 valence electrons. The Kier molecular flexibility index (Phi) is 4.88. The molecule has 2 atom stereocenters. The number of hydrogen-bond acceptors (Lipinski definition) is 4. The van der Waals surface area contributed by atoms with Crippen molar-refractivity contribution in [2.24, 2.45) is 11.7 Å². The molecule has 23 heavy (non-hydrogen) atoms. The van der Waals surface area contributed by atoms with E-state index in [4.69, 9.17) is 5.73 Å². The van der Waals surface area contributed by atoms with Crippen molar-refractivity contribution in [2.75, 3.05) is 6.54 Å². The number of carbonyl (C=O) groups is 2. The lowest BCUT2D eigenvalue weighted by Gasteiger charge is -2.20. The molecule has 1 amide bonds. The van der Waals surface area contributed by atoms with Gasteiger partial charge in [0.05, 0.1) is 10.4 Å². The highest BCUT2D eigenvalue weighted by Crippen LogP contribution is 2.25. The summed E-state index contributed by atoms with van der Waals surface area (Å²) in [5.41, 5.74) is 6.67. The normalized spacial score (nSPS) is 20.4. The van der Waals surface area contributed by atoms with Crippen molar-refractivity contribution in [2.45, 2.75) is 25.3 Å². The second-order valence-electron chi connectivity index (χ2n) is 5.86. The summed E-state index contributed by atoms with van der Waals surface area (Å²) >= 11 is 1.39. The molecule has 3 N–H and O–H groups in total. The Labute approximate surface area is 139 Å². The van der Waals surface area contributed by atoms with Crippen LogP contribution in [0.5, 0.6) is 0 Å². The van der Waals surface area contributed by atoms with E-state index in [9.17, 15) is 9.59 Å². The van der Waals surface area contributed by atoms with E-state index in [-0.39, 0.29) is 17.7 Å². The number of rotatable bonds is 5. The number of ketones is 1. The van der Waals surface area contributed by atoms with Crippen molar-refractivity contribution in [1.82, 2.24) is 5.32 Å². The summed E-state index contributed by atoms with van der Waals surface area (Å²) in [5, 5.41) is 4.93. The van der Waals surface area contributed by atoms with Gasteiger partial charge in [0.15, 0.2) is 0 Å². The van der Waals surface area contributed by atoms with Gasteiger partial charge in [0, 0.05) is 11.6 Å². The van der Waals surface area contributed by atoms with Gasteiger partial charge >= 0.3 is 0 Å². The number of carbonyl (C=O) groups excluding carboxylic acids is 2. The first-order valence-electron chi connectivity index (χ1n) is 7.89. The average molecular weight is 328 g/mol. The fourth-order valence-electron chi connectivity index (χ4n) is 3.17. The zero-order chi connectivity index (χ0) is 16.2. The molecule has 0 bridgehead atoms. The number of hydrogen-bond donors (Lipinski definition) is 2. The standard InChI is InChI=1S/C18H20N2O2S/c19-11-12-5-3-8-15(12)20-18(22)14-7-2-1-6-13(14)17(21)16-9-4-10-23-16/h1-2,4,6-7,9-10,12,15H,3,5,8,11,19H2,(H,20,22). The first kappa shape index (κ1) is 15.9. The lowest BCUT2D eigenvalue weighted by molar-refractivity contribution is 0.0919. The van der Waals surface area contributed by atoms with Gasteiger partial charge in [-0.1, -0.05) is 30.7 Å². The summed E-state index contributed by atoms with van der Waals surface area (Å²) in [6, 6.07) is 10.7. The topological polar surface area (TPSA) is 72.2 Å². The minimum atomic E-state index is -0.184. The van der Waals surface area contributed by atoms with E-state index in [1.165, 1.54) is 11.3 Å². The molecule has 0 aliphatic heterocycles. The summed E-state index contributed by atoms with van der Waals surface area (Å²) < 4.78 is 0. The predicted molar refractivity (Wildman–Crippen MR) is 91.8 cm³/mol. The van der Waals surface area contributed by atoms with E-state index in [0.717, 1.165) is 19.3 Å². The molecule has 1 fully saturated rings. The van der Waals surface area contributed by atoms with Crippen LogP contribution in [0.4, 0.5) is 0 Å². The second-order valence-corrected chi connectivity index (χ2v) is 6.81. The summed E-state index contributed by atoms with van der Waals surface area (Å²) in [7, 11) is 0. The zero-order valence-corrected chi connectivity index (χ0v) is 13.6. The van der Waals surface area contributed by atoms with Gasteiger partial charge in [-0.2, -0.15) is 0 Å². The molecule has 1 heterocycles. The van der Waals surface area contributed by atoms with Gasteiger partial charge in [-0.15, -0.1) is 11.3 Å². The van der Waals surface area contributed by atoms with E-state index in [0.29, 0.717) is 28.5 Å². The first-order valence-corrected chi connectivity index (χ1v) is 8.77. The largest absolute Gasteiger partial charge is 0.349 e. The molecule has 2 aromatic rings. The fourth-order valence-corrected chi connectivity index (χ4v) is 3.85. The summed E-state index contributed by atoms with van der Waals surface area (Å²) in [6.45, 7) is 0.584. The molecule has 0 spiro atoms. The maximum Gasteiger partial charge on any atom is 0.252 e. The first-order chi connectivity index (χ1) is 11.2. The molecule has 4 nitrogen and oxygen atoms in total. The van der Waals surface area contributed by atoms with E-state index < -0.39 is 0 Å². The zero-order valence-electron chi connectivity index (χ0n) is 12.8. The Morgan fingerprint density at radius 2 is 1.91 bits per heavy atom. The highest BCUT2D eigenvalue weighted by Gasteiger charge is 2.28. The van der Waals surface area contributed by atoms with Crippen LogP contribution in [0, 0.1) is 5.92 Å². The van der Waals surface area contributed by atoms with Crippen LogP contribution in [-0.2, 0) is 0 Å². The SMILES string of the molecule is NCC1CCCC1NC(=O)c1ccccc1C(=O)c1cccs1. The highest BCUT2D eigenvalue weighted by atomic mass is 32.1. The highest BCUT2D eigenvalue weighted by molar-refractivity contribution is 7.12. The van der Waals surface area contributed by atoms with E-state index >= 15 is 0 Å². The average Bonchev–Trinajstić information content (AvgIpc) is 3.25. The Bertz CT molecular complexity index is 697. The molecule has 1 aromatic carbocycles. The van der Waals surface area contributed by atoms with Crippen LogP contribution in [-0.4, -0.2) is 24.3 Å². The van der Waals surface area contributed by atoms with E-state index in [2.05, 4.69) is 5.32 Å². The third-order valence-corrected chi connectivity index (χ3v) is 5.31. The van der Waals surface area contributed by atoms with Crippen molar-refractivity contribution in [3.05, 3.63) is 57.8 Å². The van der Waals surface area contributed by atoms with Crippen molar-refractivity contribution >= 4 is 23.0 Å². The molecule has 5 heteroatoms. The van der Waals surface area contributed by atoms with Gasteiger partial charge in [-0.05, 0) is 42.8 Å². The number of thiophene rings is 1. The lowest BCUT2D eigenvalue weighted by atomic mass is 10.00. The molecule has 1 saturated carbocycles. The summed E-state index contributed by atoms with van der Waals surface area (Å²) in [6.07, 6.45) is 3.09. The van der Waals surface area contributed by atoms with Crippen molar-refractivity contribution in [3.63, 3.8) is 0 Å². The molecule has 0 saturated heterocycles. The quantitative estimate of drug-likeness (QED) is 0.829. The van der Waals surface area contributed by atoms with Crippen LogP contribution in [0.3, 0.4) is 0 Å². The van der Waals surface area contributed by atoms with Crippen molar-refractivity contribution in [1.29, 1.82) is 0 Å². The van der Waals surface area contributed by atoms with Gasteiger partial charge < -0.3 is 11.1 Å². The van der Waals surface area contributed by atoms with Gasteiger partial charge in [0.1, 0.15) is 0 Å². The maximum absolute atomic E-state index is 12.7. The third kappa shape index (κ3) is 3.35. The number of nitrogens with two attached hydrogens (primary N) is 1. The number of amides is 1. The van der Waals surface area contributed by atoms with Gasteiger partial charge in [0.2, 0.25) is 5.78 Å². The molecule has 1 aliphatic carbocycles. The van der Waals surface area contributed by atoms with Crippen LogP contribution in [0.15, 0.2) is 41.8 Å². The molecular formula is C18H20N2O2S. The smallest absolute Gasteiger partial charge is 0.252 e. The minimum absolute atomic E-state index is 0.104.